The molecule has 0 fully saturated rings. The molecule has 4 nitrogen and oxygen atoms in total. The van der Waals surface area contributed by atoms with Crippen LogP contribution in [-0.2, 0) is 6.42 Å². The number of likely N-dealkylation sites (N-methyl/N-ethyl adjacent to an activating group) is 1. The van der Waals surface area contributed by atoms with Gasteiger partial charge in [0.25, 0.3) is 0 Å². The minimum Gasteiger partial charge on any atom is -0.492 e. The molecule has 0 aliphatic carbocycles. The minimum absolute atomic E-state index is 0.184. The van der Waals surface area contributed by atoms with E-state index in [1.807, 2.05) is 6.07 Å². The third-order valence-corrected chi connectivity index (χ3v) is 5.11. The molecule has 4 rings (SSSR count). The molecule has 1 aliphatic rings. The topological polar surface area (TPSA) is 40.3 Å². The van der Waals surface area contributed by atoms with E-state index in [1.165, 1.54) is 33.3 Å². The van der Waals surface area contributed by atoms with Crippen LogP contribution in [0.3, 0.4) is 0 Å². The highest BCUT2D eigenvalue weighted by molar-refractivity contribution is 5.86. The highest BCUT2D eigenvalue weighted by Gasteiger charge is 2.25. The fourth-order valence-electron chi connectivity index (χ4n) is 3.76. The van der Waals surface area contributed by atoms with E-state index in [4.69, 9.17) is 4.74 Å². The monoisotopic (exact) mass is 349 g/mol. The molecule has 1 aromatic heterocycles. The average molecular weight is 349 g/mol. The second kappa shape index (κ2) is 7.14. The number of nitrogens with one attached hydrogen (secondary N) is 2. The van der Waals surface area contributed by atoms with Crippen LogP contribution in [0, 0.1) is 6.92 Å². The zero-order chi connectivity index (χ0) is 18.1. The molecule has 4 heteroatoms. The van der Waals surface area contributed by atoms with Crippen molar-refractivity contribution < 1.29 is 4.74 Å². The van der Waals surface area contributed by atoms with Crippen LogP contribution in [0.25, 0.3) is 10.9 Å². The van der Waals surface area contributed by atoms with E-state index in [0.29, 0.717) is 6.61 Å². The Balaban J connectivity index is 1.64. The number of H-pyrrole nitrogens is 1. The average Bonchev–Trinajstić information content (AvgIpc) is 2.99. The summed E-state index contributed by atoms with van der Waals surface area (Å²) in [4.78, 5) is 5.79. The Morgan fingerprint density at radius 3 is 2.88 bits per heavy atom. The molecule has 2 aromatic carbocycles. The minimum atomic E-state index is 0.184. The van der Waals surface area contributed by atoms with Gasteiger partial charge in [0, 0.05) is 29.7 Å². The Kier molecular flexibility index (Phi) is 4.70. The van der Waals surface area contributed by atoms with Gasteiger partial charge in [0.15, 0.2) is 0 Å². The van der Waals surface area contributed by atoms with Crippen LogP contribution in [0.5, 0.6) is 5.75 Å². The third kappa shape index (κ3) is 3.35. The standard InChI is InChI=1S/C22H27N3O/c1-15-7-8-20-19(13-15)18-9-10-23-21(22(18)24-20)16-5-4-6-17(14-16)26-12-11-25(2)3/h4-8,13-14,21,23-24H,9-12H2,1-3H3/t21-/m1/s1. The smallest absolute Gasteiger partial charge is 0.119 e. The van der Waals surface area contributed by atoms with Crippen LogP contribution in [0.1, 0.15) is 28.4 Å². The molecule has 0 radical (unpaired) electrons. The first-order valence-electron chi connectivity index (χ1n) is 9.34. The predicted molar refractivity (Wildman–Crippen MR) is 107 cm³/mol. The number of hydrogen-bond acceptors (Lipinski definition) is 3. The summed E-state index contributed by atoms with van der Waals surface area (Å²) in [6, 6.07) is 15.3. The first-order valence-corrected chi connectivity index (χ1v) is 9.34. The van der Waals surface area contributed by atoms with Crippen LogP contribution in [0.15, 0.2) is 42.5 Å². The van der Waals surface area contributed by atoms with Crippen molar-refractivity contribution in [2.75, 3.05) is 33.8 Å². The van der Waals surface area contributed by atoms with Crippen LogP contribution < -0.4 is 10.1 Å². The number of aromatic nitrogens is 1. The Morgan fingerprint density at radius 1 is 1.15 bits per heavy atom. The molecular formula is C22H27N3O. The lowest BCUT2D eigenvalue weighted by atomic mass is 9.94. The number of rotatable bonds is 5. The van der Waals surface area contributed by atoms with Crippen LogP contribution >= 0.6 is 0 Å². The summed E-state index contributed by atoms with van der Waals surface area (Å²) in [5.41, 5.74) is 6.53. The van der Waals surface area contributed by atoms with Gasteiger partial charge in [-0.25, -0.2) is 0 Å². The summed E-state index contributed by atoms with van der Waals surface area (Å²) in [6.45, 7) is 4.76. The lowest BCUT2D eigenvalue weighted by Gasteiger charge is -2.25. The van der Waals surface area contributed by atoms with Crippen LogP contribution in [-0.4, -0.2) is 43.7 Å². The van der Waals surface area contributed by atoms with E-state index < -0.39 is 0 Å². The molecule has 1 atom stereocenters. The number of aromatic amines is 1. The van der Waals surface area contributed by atoms with E-state index in [1.54, 1.807) is 0 Å². The quantitative estimate of drug-likeness (QED) is 0.739. The van der Waals surface area contributed by atoms with Gasteiger partial charge < -0.3 is 19.9 Å². The second-order valence-corrected chi connectivity index (χ2v) is 7.43. The van der Waals surface area contributed by atoms with Gasteiger partial charge in [-0.3, -0.25) is 0 Å². The van der Waals surface area contributed by atoms with Gasteiger partial charge in [0.2, 0.25) is 0 Å². The molecule has 26 heavy (non-hydrogen) atoms. The predicted octanol–water partition coefficient (Wildman–Crippen LogP) is 3.65. The Morgan fingerprint density at radius 2 is 2.04 bits per heavy atom. The Bertz CT molecular complexity index is 913. The summed E-state index contributed by atoms with van der Waals surface area (Å²) in [5.74, 6) is 0.935. The number of nitrogens with zero attached hydrogens (tertiary/aromatic N) is 1. The van der Waals surface area contributed by atoms with Crippen molar-refractivity contribution in [2.45, 2.75) is 19.4 Å². The maximum atomic E-state index is 5.93. The molecule has 3 aromatic rings. The molecule has 0 saturated heterocycles. The summed E-state index contributed by atoms with van der Waals surface area (Å²) < 4.78 is 5.93. The van der Waals surface area contributed by atoms with Crippen molar-refractivity contribution in [3.05, 3.63) is 64.8 Å². The normalized spacial score (nSPS) is 16.8. The summed E-state index contributed by atoms with van der Waals surface area (Å²) >= 11 is 0. The van der Waals surface area contributed by atoms with E-state index in [9.17, 15) is 0 Å². The molecule has 0 unspecified atom stereocenters. The number of fused-ring (bicyclic) bond motifs is 3. The van der Waals surface area contributed by atoms with Crippen molar-refractivity contribution >= 4 is 10.9 Å². The first kappa shape index (κ1) is 17.1. The van der Waals surface area contributed by atoms with Crippen molar-refractivity contribution in [3.63, 3.8) is 0 Å². The molecule has 2 heterocycles. The number of ether oxygens (including phenoxy) is 1. The van der Waals surface area contributed by atoms with Gasteiger partial charge in [-0.15, -0.1) is 0 Å². The van der Waals surface area contributed by atoms with Gasteiger partial charge in [-0.05, 0) is 62.8 Å². The Labute approximate surface area is 155 Å². The molecule has 1 aliphatic heterocycles. The van der Waals surface area contributed by atoms with Crippen LogP contribution in [0.4, 0.5) is 0 Å². The summed E-state index contributed by atoms with van der Waals surface area (Å²) in [5, 5.41) is 5.04. The zero-order valence-electron chi connectivity index (χ0n) is 15.8. The van der Waals surface area contributed by atoms with Crippen molar-refractivity contribution in [1.82, 2.24) is 15.2 Å². The molecule has 0 saturated carbocycles. The van der Waals surface area contributed by atoms with E-state index in [0.717, 1.165) is 25.3 Å². The van der Waals surface area contributed by atoms with Gasteiger partial charge >= 0.3 is 0 Å². The maximum Gasteiger partial charge on any atom is 0.119 e. The van der Waals surface area contributed by atoms with Gasteiger partial charge in [0.1, 0.15) is 12.4 Å². The van der Waals surface area contributed by atoms with Crippen molar-refractivity contribution in [1.29, 1.82) is 0 Å². The SMILES string of the molecule is Cc1ccc2[nH]c3c(c2c1)CCN[C@@H]3c1cccc(OCCN(C)C)c1. The molecule has 0 spiro atoms. The highest BCUT2D eigenvalue weighted by Crippen LogP contribution is 2.34. The molecular weight excluding hydrogens is 322 g/mol. The maximum absolute atomic E-state index is 5.93. The second-order valence-electron chi connectivity index (χ2n) is 7.43. The van der Waals surface area contributed by atoms with Gasteiger partial charge in [-0.2, -0.15) is 0 Å². The number of benzene rings is 2. The zero-order valence-corrected chi connectivity index (χ0v) is 15.8. The summed E-state index contributed by atoms with van der Waals surface area (Å²) in [6.07, 6.45) is 1.06. The molecule has 0 amide bonds. The highest BCUT2D eigenvalue weighted by atomic mass is 16.5. The van der Waals surface area contributed by atoms with Crippen LogP contribution in [0.2, 0.25) is 0 Å². The molecule has 136 valence electrons. The van der Waals surface area contributed by atoms with Gasteiger partial charge in [-0.1, -0.05) is 23.8 Å². The first-order chi connectivity index (χ1) is 12.6. The Hall–Kier alpha value is -2.30. The van der Waals surface area contributed by atoms with E-state index in [-0.39, 0.29) is 6.04 Å². The number of aryl methyl sites for hydroxylation is 1. The van der Waals surface area contributed by atoms with E-state index in [2.05, 4.69) is 72.6 Å². The largest absolute Gasteiger partial charge is 0.492 e. The number of hydrogen-bond donors (Lipinski definition) is 2. The lowest BCUT2D eigenvalue weighted by Crippen LogP contribution is -2.30. The van der Waals surface area contributed by atoms with Gasteiger partial charge in [0.05, 0.1) is 6.04 Å². The fraction of sp³-hybridized carbons (Fsp3) is 0.364. The third-order valence-electron chi connectivity index (χ3n) is 5.11. The lowest BCUT2D eigenvalue weighted by molar-refractivity contribution is 0.261. The van der Waals surface area contributed by atoms with E-state index >= 15 is 0 Å². The fourth-order valence-corrected chi connectivity index (χ4v) is 3.76. The van der Waals surface area contributed by atoms with Crippen molar-refractivity contribution in [2.24, 2.45) is 0 Å². The van der Waals surface area contributed by atoms with Crippen molar-refractivity contribution in [3.8, 4) is 5.75 Å². The molecule has 0 bridgehead atoms. The molecule has 2 N–H and O–H groups in total. The summed E-state index contributed by atoms with van der Waals surface area (Å²) in [7, 11) is 4.12.